The molecule has 3 N–H and O–H groups in total. The third-order valence-corrected chi connectivity index (χ3v) is 2.57. The highest BCUT2D eigenvalue weighted by Gasteiger charge is 2.27. The Morgan fingerprint density at radius 1 is 1.62 bits per heavy atom. The number of carbonyl (C=O) groups is 2. The maximum Gasteiger partial charge on any atom is 0.242 e. The summed E-state index contributed by atoms with van der Waals surface area (Å²) in [6, 6.07) is -0.418. The van der Waals surface area contributed by atoms with Gasteiger partial charge in [-0.15, -0.1) is 0 Å². The van der Waals surface area contributed by atoms with E-state index in [9.17, 15) is 14.7 Å². The first-order chi connectivity index (χ1) is 7.49. The predicted octanol–water partition coefficient (Wildman–Crippen LogP) is -0.212. The van der Waals surface area contributed by atoms with E-state index in [4.69, 9.17) is 0 Å². The fraction of sp³-hybridized carbons (Fsp3) is 0.818. The minimum absolute atomic E-state index is 0.0807. The van der Waals surface area contributed by atoms with Gasteiger partial charge >= 0.3 is 0 Å². The fourth-order valence-corrected chi connectivity index (χ4v) is 1.78. The number of nitrogens with one attached hydrogen (secondary N) is 2. The van der Waals surface area contributed by atoms with Crippen molar-refractivity contribution in [2.45, 2.75) is 45.3 Å². The molecule has 0 bridgehead atoms. The van der Waals surface area contributed by atoms with E-state index in [0.717, 1.165) is 0 Å². The molecule has 1 aliphatic heterocycles. The molecule has 0 aromatic carbocycles. The van der Waals surface area contributed by atoms with Crippen molar-refractivity contribution < 1.29 is 14.7 Å². The van der Waals surface area contributed by atoms with Gasteiger partial charge in [-0.3, -0.25) is 9.59 Å². The lowest BCUT2D eigenvalue weighted by atomic mass is 10.1. The van der Waals surface area contributed by atoms with Gasteiger partial charge in [0.2, 0.25) is 11.8 Å². The molecule has 0 aliphatic carbocycles. The van der Waals surface area contributed by atoms with Crippen LogP contribution in [0.3, 0.4) is 0 Å². The van der Waals surface area contributed by atoms with Gasteiger partial charge in [0.1, 0.15) is 6.04 Å². The van der Waals surface area contributed by atoms with Crippen LogP contribution in [0.5, 0.6) is 0 Å². The van der Waals surface area contributed by atoms with Crippen LogP contribution >= 0.6 is 0 Å². The molecule has 1 heterocycles. The van der Waals surface area contributed by atoms with Gasteiger partial charge in [-0.2, -0.15) is 0 Å². The van der Waals surface area contributed by atoms with Crippen LogP contribution in [0.2, 0.25) is 0 Å². The summed E-state index contributed by atoms with van der Waals surface area (Å²) < 4.78 is 0. The van der Waals surface area contributed by atoms with Gasteiger partial charge in [0.15, 0.2) is 0 Å². The fourth-order valence-electron chi connectivity index (χ4n) is 1.78. The minimum atomic E-state index is -0.513. The summed E-state index contributed by atoms with van der Waals surface area (Å²) in [5, 5.41) is 14.8. The summed E-state index contributed by atoms with van der Waals surface area (Å²) >= 11 is 0. The normalized spacial score (nSPS) is 22.0. The van der Waals surface area contributed by atoms with Crippen LogP contribution in [0.15, 0.2) is 0 Å². The van der Waals surface area contributed by atoms with Crippen LogP contribution in [0.1, 0.15) is 33.1 Å². The summed E-state index contributed by atoms with van der Waals surface area (Å²) in [5.74, 6) is 0.120. The van der Waals surface area contributed by atoms with E-state index in [0.29, 0.717) is 25.2 Å². The largest absolute Gasteiger partial charge is 0.391 e. The van der Waals surface area contributed by atoms with Gasteiger partial charge in [-0.1, -0.05) is 13.8 Å². The lowest BCUT2D eigenvalue weighted by molar-refractivity contribution is -0.126. The molecule has 0 saturated carbocycles. The minimum Gasteiger partial charge on any atom is -0.391 e. The quantitative estimate of drug-likeness (QED) is 0.609. The van der Waals surface area contributed by atoms with E-state index < -0.39 is 12.1 Å². The van der Waals surface area contributed by atoms with Crippen molar-refractivity contribution in [3.63, 3.8) is 0 Å². The average Bonchev–Trinajstić information content (AvgIpc) is 2.60. The zero-order chi connectivity index (χ0) is 12.1. The number of aliphatic hydroxyl groups is 1. The zero-order valence-electron chi connectivity index (χ0n) is 9.82. The summed E-state index contributed by atoms with van der Waals surface area (Å²) in [6.07, 6.45) is 1.11. The van der Waals surface area contributed by atoms with E-state index in [1.54, 1.807) is 0 Å². The van der Waals surface area contributed by atoms with Crippen molar-refractivity contribution >= 4 is 11.8 Å². The van der Waals surface area contributed by atoms with Gasteiger partial charge in [0, 0.05) is 13.0 Å². The van der Waals surface area contributed by atoms with E-state index in [2.05, 4.69) is 10.6 Å². The van der Waals surface area contributed by atoms with Crippen molar-refractivity contribution in [3.05, 3.63) is 0 Å². The van der Waals surface area contributed by atoms with Crippen molar-refractivity contribution in [1.29, 1.82) is 0 Å². The Labute approximate surface area is 95.6 Å². The van der Waals surface area contributed by atoms with Gasteiger partial charge in [0.25, 0.3) is 0 Å². The maximum absolute atomic E-state index is 11.5. The molecule has 0 radical (unpaired) electrons. The highest BCUT2D eigenvalue weighted by Crippen LogP contribution is 2.07. The van der Waals surface area contributed by atoms with Crippen LogP contribution in [0, 0.1) is 5.92 Å². The number of amides is 2. The average molecular weight is 228 g/mol. The molecule has 2 amide bonds. The Balaban J connectivity index is 2.22. The smallest absolute Gasteiger partial charge is 0.242 e. The molecule has 16 heavy (non-hydrogen) atoms. The standard InChI is InChI=1S/C11H20N2O3/c1-7(2)5-8(14)6-12-11(16)9-3-4-10(15)13-9/h7-9,14H,3-6H2,1-2H3,(H,12,16)(H,13,15)/t8?,9-/m1/s1. The van der Waals surface area contributed by atoms with Crippen LogP contribution in [-0.2, 0) is 9.59 Å². The predicted molar refractivity (Wildman–Crippen MR) is 59.6 cm³/mol. The molecule has 1 rings (SSSR count). The molecular weight excluding hydrogens is 208 g/mol. The van der Waals surface area contributed by atoms with Crippen LogP contribution in [0.25, 0.3) is 0 Å². The van der Waals surface area contributed by atoms with Crippen molar-refractivity contribution in [3.8, 4) is 0 Å². The lowest BCUT2D eigenvalue weighted by Gasteiger charge is -2.15. The Morgan fingerprint density at radius 2 is 2.31 bits per heavy atom. The molecule has 1 aliphatic rings. The van der Waals surface area contributed by atoms with Crippen LogP contribution in [0.4, 0.5) is 0 Å². The molecule has 1 saturated heterocycles. The number of carbonyl (C=O) groups excluding carboxylic acids is 2. The van der Waals surface area contributed by atoms with Gasteiger partial charge in [-0.25, -0.2) is 0 Å². The molecule has 5 heteroatoms. The van der Waals surface area contributed by atoms with Crippen molar-refractivity contribution in [2.24, 2.45) is 5.92 Å². The van der Waals surface area contributed by atoms with Crippen molar-refractivity contribution in [1.82, 2.24) is 10.6 Å². The lowest BCUT2D eigenvalue weighted by Crippen LogP contribution is -2.44. The molecule has 0 spiro atoms. The maximum atomic E-state index is 11.5. The first kappa shape index (κ1) is 13.0. The molecule has 1 fully saturated rings. The van der Waals surface area contributed by atoms with Crippen molar-refractivity contribution in [2.75, 3.05) is 6.54 Å². The Bertz CT molecular complexity index is 266. The number of hydrogen-bond donors (Lipinski definition) is 3. The molecule has 0 aromatic heterocycles. The van der Waals surface area contributed by atoms with E-state index >= 15 is 0 Å². The molecule has 2 atom stereocenters. The third-order valence-electron chi connectivity index (χ3n) is 2.57. The van der Waals surface area contributed by atoms with Crippen LogP contribution in [-0.4, -0.2) is 35.6 Å². The molecular formula is C11H20N2O3. The molecule has 0 aromatic rings. The number of hydrogen-bond acceptors (Lipinski definition) is 3. The second kappa shape index (κ2) is 5.84. The van der Waals surface area contributed by atoms with Gasteiger partial charge in [-0.05, 0) is 18.8 Å². The topological polar surface area (TPSA) is 78.4 Å². The summed E-state index contributed by atoms with van der Waals surface area (Å²) in [7, 11) is 0. The van der Waals surface area contributed by atoms with E-state index in [-0.39, 0.29) is 18.4 Å². The first-order valence-corrected chi connectivity index (χ1v) is 5.74. The highest BCUT2D eigenvalue weighted by atomic mass is 16.3. The van der Waals surface area contributed by atoms with Crippen LogP contribution < -0.4 is 10.6 Å². The van der Waals surface area contributed by atoms with Gasteiger partial charge in [0.05, 0.1) is 6.10 Å². The highest BCUT2D eigenvalue weighted by molar-refractivity contribution is 5.90. The second-order valence-corrected chi connectivity index (χ2v) is 4.69. The Kier molecular flexibility index (Phi) is 4.73. The number of rotatable bonds is 5. The monoisotopic (exact) mass is 228 g/mol. The number of aliphatic hydroxyl groups excluding tert-OH is 1. The molecule has 5 nitrogen and oxygen atoms in total. The summed E-state index contributed by atoms with van der Waals surface area (Å²) in [6.45, 7) is 4.29. The summed E-state index contributed by atoms with van der Waals surface area (Å²) in [5.41, 5.74) is 0. The SMILES string of the molecule is CC(C)CC(O)CNC(=O)[C@H]1CCC(=O)N1. The third kappa shape index (κ3) is 4.18. The first-order valence-electron chi connectivity index (χ1n) is 5.74. The van der Waals surface area contributed by atoms with Gasteiger partial charge < -0.3 is 15.7 Å². The Hall–Kier alpha value is -1.10. The summed E-state index contributed by atoms with van der Waals surface area (Å²) in [4.78, 5) is 22.4. The zero-order valence-corrected chi connectivity index (χ0v) is 9.82. The molecule has 92 valence electrons. The Morgan fingerprint density at radius 3 is 2.81 bits per heavy atom. The van der Waals surface area contributed by atoms with E-state index in [1.165, 1.54) is 0 Å². The second-order valence-electron chi connectivity index (χ2n) is 4.69. The molecule has 1 unspecified atom stereocenters. The van der Waals surface area contributed by atoms with E-state index in [1.807, 2.05) is 13.8 Å².